The number of sulfonamides is 1. The van der Waals surface area contributed by atoms with Crippen LogP contribution in [0.25, 0.3) is 10.9 Å². The molecule has 2 N–H and O–H groups in total. The summed E-state index contributed by atoms with van der Waals surface area (Å²) in [6.45, 7) is 0. The van der Waals surface area contributed by atoms with E-state index in [2.05, 4.69) is 9.10 Å². The average Bonchev–Trinajstić information content (AvgIpc) is 2.58. The predicted molar refractivity (Wildman–Crippen MR) is 67.1 cm³/mol. The SMILES string of the molecule is CS(=O)(=O)Nc1snc2cc(S(=O)O)ccc12. The van der Waals surface area contributed by atoms with Crippen LogP contribution in [0.4, 0.5) is 5.00 Å². The molecule has 1 aromatic heterocycles. The molecule has 2 aromatic rings. The summed E-state index contributed by atoms with van der Waals surface area (Å²) in [5, 5.41) is 1.01. The lowest BCUT2D eigenvalue weighted by molar-refractivity contribution is 0.564. The summed E-state index contributed by atoms with van der Waals surface area (Å²) in [5.41, 5.74) is 0.487. The van der Waals surface area contributed by atoms with Crippen molar-refractivity contribution in [3.63, 3.8) is 0 Å². The number of hydrogen-bond donors (Lipinski definition) is 2. The molecular weight excluding hydrogens is 284 g/mol. The maximum absolute atomic E-state index is 11.1. The third kappa shape index (κ3) is 2.80. The zero-order chi connectivity index (χ0) is 12.6. The van der Waals surface area contributed by atoms with E-state index in [1.807, 2.05) is 0 Å². The van der Waals surface area contributed by atoms with E-state index >= 15 is 0 Å². The summed E-state index contributed by atoms with van der Waals surface area (Å²) in [6, 6.07) is 4.48. The van der Waals surface area contributed by atoms with Crippen LogP contribution < -0.4 is 4.72 Å². The fraction of sp³-hybridized carbons (Fsp3) is 0.125. The molecule has 0 aliphatic heterocycles. The molecule has 0 aliphatic rings. The lowest BCUT2D eigenvalue weighted by Gasteiger charge is -2.00. The zero-order valence-corrected chi connectivity index (χ0v) is 11.0. The van der Waals surface area contributed by atoms with Gasteiger partial charge in [0, 0.05) is 5.39 Å². The fourth-order valence-corrected chi connectivity index (χ4v) is 3.33. The van der Waals surface area contributed by atoms with Crippen molar-refractivity contribution in [1.82, 2.24) is 4.37 Å². The van der Waals surface area contributed by atoms with E-state index in [9.17, 15) is 12.6 Å². The molecule has 0 saturated carbocycles. The smallest absolute Gasteiger partial charge is 0.230 e. The van der Waals surface area contributed by atoms with Crippen molar-refractivity contribution in [3.05, 3.63) is 18.2 Å². The van der Waals surface area contributed by atoms with Gasteiger partial charge < -0.3 is 4.55 Å². The number of nitrogens with one attached hydrogen (secondary N) is 1. The van der Waals surface area contributed by atoms with Crippen molar-refractivity contribution in [3.8, 4) is 0 Å². The van der Waals surface area contributed by atoms with Crippen molar-refractivity contribution in [2.75, 3.05) is 11.0 Å². The minimum Gasteiger partial charge on any atom is -0.302 e. The standard InChI is InChI=1S/C8H8N2O4S3/c1-17(13,14)10-8-6-3-2-5(16(11)12)4-7(6)9-15-8/h2-4,10H,1H3,(H,11,12). The molecule has 17 heavy (non-hydrogen) atoms. The Morgan fingerprint density at radius 2 is 2.18 bits per heavy atom. The van der Waals surface area contributed by atoms with Gasteiger partial charge in [0.2, 0.25) is 10.0 Å². The first kappa shape index (κ1) is 12.4. The molecule has 0 saturated heterocycles. The molecule has 9 heteroatoms. The Bertz CT molecular complexity index is 692. The van der Waals surface area contributed by atoms with Crippen LogP contribution in [0.3, 0.4) is 0 Å². The number of anilines is 1. The Hall–Kier alpha value is -1.03. The van der Waals surface area contributed by atoms with Gasteiger partial charge in [0.15, 0.2) is 11.1 Å². The van der Waals surface area contributed by atoms with Gasteiger partial charge in [0.1, 0.15) is 5.00 Å². The average molecular weight is 292 g/mol. The van der Waals surface area contributed by atoms with Crippen molar-refractivity contribution in [2.45, 2.75) is 4.90 Å². The number of aromatic nitrogens is 1. The largest absolute Gasteiger partial charge is 0.302 e. The van der Waals surface area contributed by atoms with Crippen LogP contribution in [0, 0.1) is 0 Å². The Morgan fingerprint density at radius 1 is 1.47 bits per heavy atom. The molecule has 0 fully saturated rings. The molecule has 0 aliphatic carbocycles. The van der Waals surface area contributed by atoms with E-state index in [0.29, 0.717) is 15.9 Å². The molecular formula is C8H8N2O4S3. The first-order valence-corrected chi connectivity index (χ1v) is 8.12. The van der Waals surface area contributed by atoms with Crippen LogP contribution >= 0.6 is 11.5 Å². The Kier molecular flexibility index (Phi) is 3.17. The van der Waals surface area contributed by atoms with Gasteiger partial charge in [-0.2, -0.15) is 4.37 Å². The van der Waals surface area contributed by atoms with Gasteiger partial charge in [-0.05, 0) is 29.7 Å². The zero-order valence-electron chi connectivity index (χ0n) is 8.58. The minimum atomic E-state index is -3.35. The number of hydrogen-bond acceptors (Lipinski definition) is 5. The topological polar surface area (TPSA) is 96.4 Å². The lowest BCUT2D eigenvalue weighted by Crippen LogP contribution is -2.08. The molecule has 0 bridgehead atoms. The van der Waals surface area contributed by atoms with Gasteiger partial charge in [0.05, 0.1) is 16.7 Å². The Morgan fingerprint density at radius 3 is 2.76 bits per heavy atom. The Balaban J connectivity index is 2.52. The van der Waals surface area contributed by atoms with Crippen molar-refractivity contribution >= 4 is 48.5 Å². The van der Waals surface area contributed by atoms with Crippen molar-refractivity contribution in [2.24, 2.45) is 0 Å². The molecule has 1 aromatic carbocycles. The number of benzene rings is 1. The Labute approximate surface area is 104 Å². The predicted octanol–water partition coefficient (Wildman–Crippen LogP) is 1.25. The first-order valence-electron chi connectivity index (χ1n) is 4.35. The molecule has 0 spiro atoms. The van der Waals surface area contributed by atoms with Gasteiger partial charge in [-0.3, -0.25) is 4.72 Å². The summed E-state index contributed by atoms with van der Waals surface area (Å²) in [4.78, 5) is 0.230. The van der Waals surface area contributed by atoms with E-state index in [1.54, 1.807) is 6.07 Å². The second-order valence-electron chi connectivity index (χ2n) is 3.31. The van der Waals surface area contributed by atoms with E-state index < -0.39 is 21.1 Å². The molecule has 0 amide bonds. The normalized spacial score (nSPS) is 13.8. The van der Waals surface area contributed by atoms with E-state index in [1.165, 1.54) is 12.1 Å². The maximum Gasteiger partial charge on any atom is 0.230 e. The highest BCUT2D eigenvalue weighted by atomic mass is 32.2. The van der Waals surface area contributed by atoms with Crippen LogP contribution in [-0.4, -0.2) is 27.8 Å². The van der Waals surface area contributed by atoms with Crippen LogP contribution in [0.15, 0.2) is 23.1 Å². The van der Waals surface area contributed by atoms with Gasteiger partial charge >= 0.3 is 0 Å². The van der Waals surface area contributed by atoms with Crippen LogP contribution in [0.2, 0.25) is 0 Å². The molecule has 0 radical (unpaired) electrons. The second-order valence-corrected chi connectivity index (χ2v) is 6.81. The molecule has 2 rings (SSSR count). The van der Waals surface area contributed by atoms with Crippen molar-refractivity contribution < 1.29 is 17.2 Å². The fourth-order valence-electron chi connectivity index (χ4n) is 1.27. The van der Waals surface area contributed by atoms with Gasteiger partial charge in [-0.15, -0.1) is 0 Å². The highest BCUT2D eigenvalue weighted by molar-refractivity contribution is 7.92. The second kappa shape index (κ2) is 4.33. The highest BCUT2D eigenvalue weighted by Gasteiger charge is 2.11. The lowest BCUT2D eigenvalue weighted by atomic mass is 10.2. The molecule has 1 atom stereocenters. The molecule has 1 unspecified atom stereocenters. The van der Waals surface area contributed by atoms with E-state index in [0.717, 1.165) is 17.8 Å². The highest BCUT2D eigenvalue weighted by Crippen LogP contribution is 2.29. The summed E-state index contributed by atoms with van der Waals surface area (Å²) in [7, 11) is -3.35. The number of nitrogens with zero attached hydrogens (tertiary/aromatic N) is 1. The van der Waals surface area contributed by atoms with Gasteiger partial charge in [-0.1, -0.05) is 0 Å². The maximum atomic E-state index is 11.1. The van der Waals surface area contributed by atoms with E-state index in [4.69, 9.17) is 4.55 Å². The quantitative estimate of drug-likeness (QED) is 0.830. The summed E-state index contributed by atoms with van der Waals surface area (Å²) >= 11 is -1.08. The minimum absolute atomic E-state index is 0.230. The van der Waals surface area contributed by atoms with Crippen LogP contribution in [-0.2, 0) is 21.1 Å². The van der Waals surface area contributed by atoms with Gasteiger partial charge in [0.25, 0.3) is 0 Å². The van der Waals surface area contributed by atoms with Gasteiger partial charge in [-0.25, -0.2) is 12.6 Å². The summed E-state index contributed by atoms with van der Waals surface area (Å²) in [6.07, 6.45) is 1.05. The number of rotatable bonds is 3. The third-order valence-corrected chi connectivity index (χ3v) is 4.08. The molecule has 1 heterocycles. The summed E-state index contributed by atoms with van der Waals surface area (Å²) < 4.78 is 48.3. The first-order chi connectivity index (χ1) is 7.87. The van der Waals surface area contributed by atoms with E-state index in [-0.39, 0.29) is 4.90 Å². The monoisotopic (exact) mass is 292 g/mol. The molecule has 92 valence electrons. The van der Waals surface area contributed by atoms with Crippen molar-refractivity contribution in [1.29, 1.82) is 0 Å². The van der Waals surface area contributed by atoms with Crippen LogP contribution in [0.1, 0.15) is 0 Å². The third-order valence-electron chi connectivity index (χ3n) is 1.93. The van der Waals surface area contributed by atoms with Crippen LogP contribution in [0.5, 0.6) is 0 Å². The summed E-state index contributed by atoms with van der Waals surface area (Å²) in [5.74, 6) is 0. The number of fused-ring (bicyclic) bond motifs is 1. The molecule has 6 nitrogen and oxygen atoms in total.